The summed E-state index contributed by atoms with van der Waals surface area (Å²) in [7, 11) is 0. The fraction of sp³-hybridized carbons (Fsp3) is 0.524. The number of hydrogen-bond donors (Lipinski definition) is 1. The molecule has 2 fully saturated rings. The molecule has 1 amide bonds. The molecule has 0 bridgehead atoms. The second-order valence-corrected chi connectivity index (χ2v) is 7.66. The van der Waals surface area contributed by atoms with Crippen LogP contribution < -0.4 is 0 Å². The van der Waals surface area contributed by atoms with Crippen LogP contribution in [0.3, 0.4) is 0 Å². The number of carbonyl (C=O) groups is 1. The third-order valence-corrected chi connectivity index (χ3v) is 5.61. The van der Waals surface area contributed by atoms with Gasteiger partial charge in [0.05, 0.1) is 18.7 Å². The minimum absolute atomic E-state index is 0.0362. The van der Waals surface area contributed by atoms with Gasteiger partial charge in [-0.05, 0) is 30.4 Å². The van der Waals surface area contributed by atoms with Crippen molar-refractivity contribution in [2.24, 2.45) is 11.8 Å². The smallest absolute Gasteiger partial charge is 0.272 e. The molecule has 3 heterocycles. The molecule has 2 aromatic rings. The van der Waals surface area contributed by atoms with E-state index >= 15 is 0 Å². The highest BCUT2D eigenvalue weighted by Gasteiger charge is 2.32. The zero-order chi connectivity index (χ0) is 18.6. The number of para-hydroxylation sites is 1. The summed E-state index contributed by atoms with van der Waals surface area (Å²) in [5.41, 5.74) is 1.32. The minimum Gasteiger partial charge on any atom is -0.396 e. The molecule has 27 heavy (non-hydrogen) atoms. The van der Waals surface area contributed by atoms with E-state index in [-0.39, 0.29) is 18.4 Å². The summed E-state index contributed by atoms with van der Waals surface area (Å²) >= 11 is 0. The van der Waals surface area contributed by atoms with Gasteiger partial charge in [0.15, 0.2) is 0 Å². The Bertz CT molecular complexity index is 791. The Morgan fingerprint density at radius 1 is 1.11 bits per heavy atom. The maximum Gasteiger partial charge on any atom is 0.272 e. The number of morpholine rings is 1. The van der Waals surface area contributed by atoms with Gasteiger partial charge in [-0.25, -0.2) is 4.98 Å². The van der Waals surface area contributed by atoms with E-state index < -0.39 is 0 Å². The van der Waals surface area contributed by atoms with Crippen LogP contribution in [0, 0.1) is 11.8 Å². The molecule has 2 aliphatic heterocycles. The van der Waals surface area contributed by atoms with E-state index in [0.29, 0.717) is 18.2 Å². The molecule has 2 unspecified atom stereocenters. The Morgan fingerprint density at radius 2 is 1.89 bits per heavy atom. The van der Waals surface area contributed by atoms with Crippen LogP contribution in [0.15, 0.2) is 36.4 Å². The second kappa shape index (κ2) is 8.33. The number of nitrogens with zero attached hydrogens (tertiary/aromatic N) is 3. The lowest BCUT2D eigenvalue weighted by Crippen LogP contribution is -2.49. The summed E-state index contributed by atoms with van der Waals surface area (Å²) in [5.74, 6) is 0.471. The van der Waals surface area contributed by atoms with E-state index in [1.165, 1.54) is 0 Å². The van der Waals surface area contributed by atoms with Crippen molar-refractivity contribution in [3.05, 3.63) is 42.1 Å². The van der Waals surface area contributed by atoms with Crippen LogP contribution in [0.5, 0.6) is 0 Å². The highest BCUT2D eigenvalue weighted by molar-refractivity contribution is 5.95. The standard InChI is InChI=1S/C21H27N3O3/c25-15-17-11-16(12-23-7-9-27-10-8-23)13-24(14-17)21(26)20-6-5-18-3-1-2-4-19(18)22-20/h1-6,16-17,25H,7-15H2. The van der Waals surface area contributed by atoms with Gasteiger partial charge in [-0.1, -0.05) is 24.3 Å². The number of fused-ring (bicyclic) bond motifs is 1. The van der Waals surface area contributed by atoms with Crippen molar-refractivity contribution in [3.63, 3.8) is 0 Å². The summed E-state index contributed by atoms with van der Waals surface area (Å²) in [4.78, 5) is 21.9. The van der Waals surface area contributed by atoms with E-state index in [1.807, 2.05) is 41.3 Å². The zero-order valence-electron chi connectivity index (χ0n) is 15.6. The van der Waals surface area contributed by atoms with Gasteiger partial charge < -0.3 is 14.7 Å². The molecular formula is C21H27N3O3. The Labute approximate surface area is 159 Å². The number of piperidine rings is 1. The number of pyridine rings is 1. The van der Waals surface area contributed by atoms with Crippen LogP contribution in [0.4, 0.5) is 0 Å². The van der Waals surface area contributed by atoms with Crippen molar-refractivity contribution in [3.8, 4) is 0 Å². The fourth-order valence-electron chi connectivity index (χ4n) is 4.24. The van der Waals surface area contributed by atoms with E-state index in [1.54, 1.807) is 0 Å². The van der Waals surface area contributed by atoms with E-state index in [0.717, 1.165) is 56.7 Å². The van der Waals surface area contributed by atoms with Crippen molar-refractivity contribution in [2.45, 2.75) is 6.42 Å². The molecule has 0 saturated carbocycles. The number of aliphatic hydroxyl groups excluding tert-OH is 1. The molecule has 0 aliphatic carbocycles. The van der Waals surface area contributed by atoms with Gasteiger partial charge in [-0.15, -0.1) is 0 Å². The molecule has 0 spiro atoms. The average molecular weight is 369 g/mol. The lowest BCUT2D eigenvalue weighted by molar-refractivity contribution is 0.0129. The first-order valence-corrected chi connectivity index (χ1v) is 9.79. The van der Waals surface area contributed by atoms with Gasteiger partial charge in [0.1, 0.15) is 5.69 Å². The summed E-state index contributed by atoms with van der Waals surface area (Å²) in [6, 6.07) is 11.6. The van der Waals surface area contributed by atoms with Gasteiger partial charge in [-0.2, -0.15) is 0 Å². The lowest BCUT2D eigenvalue weighted by Gasteiger charge is -2.39. The zero-order valence-corrected chi connectivity index (χ0v) is 15.6. The Hall–Kier alpha value is -2.02. The van der Waals surface area contributed by atoms with Crippen molar-refractivity contribution in [1.29, 1.82) is 0 Å². The third-order valence-electron chi connectivity index (χ3n) is 5.61. The SMILES string of the molecule is O=C(c1ccc2ccccc2n1)N1CC(CO)CC(CN2CCOCC2)C1. The molecular weight excluding hydrogens is 342 g/mol. The monoisotopic (exact) mass is 369 g/mol. The van der Waals surface area contributed by atoms with Crippen molar-refractivity contribution in [2.75, 3.05) is 52.5 Å². The van der Waals surface area contributed by atoms with Gasteiger partial charge in [0.25, 0.3) is 5.91 Å². The fourth-order valence-corrected chi connectivity index (χ4v) is 4.24. The van der Waals surface area contributed by atoms with Crippen LogP contribution in [0.1, 0.15) is 16.9 Å². The maximum atomic E-state index is 13.1. The van der Waals surface area contributed by atoms with Crippen molar-refractivity contribution < 1.29 is 14.6 Å². The van der Waals surface area contributed by atoms with Crippen LogP contribution in [0.2, 0.25) is 0 Å². The van der Waals surface area contributed by atoms with Gasteiger partial charge in [-0.3, -0.25) is 9.69 Å². The van der Waals surface area contributed by atoms with Crippen LogP contribution in [0.25, 0.3) is 10.9 Å². The Morgan fingerprint density at radius 3 is 2.70 bits per heavy atom. The lowest BCUT2D eigenvalue weighted by atomic mass is 9.89. The van der Waals surface area contributed by atoms with Crippen LogP contribution >= 0.6 is 0 Å². The van der Waals surface area contributed by atoms with Gasteiger partial charge in [0, 0.05) is 44.7 Å². The van der Waals surface area contributed by atoms with E-state index in [4.69, 9.17) is 4.74 Å². The number of rotatable bonds is 4. The molecule has 6 nitrogen and oxygen atoms in total. The predicted molar refractivity (Wildman–Crippen MR) is 104 cm³/mol. The summed E-state index contributed by atoms with van der Waals surface area (Å²) in [5, 5.41) is 10.8. The number of amides is 1. The number of ether oxygens (including phenoxy) is 1. The summed E-state index contributed by atoms with van der Waals surface area (Å²) < 4.78 is 5.43. The third kappa shape index (κ3) is 4.29. The first-order valence-electron chi connectivity index (χ1n) is 9.79. The molecule has 2 atom stereocenters. The van der Waals surface area contributed by atoms with Crippen LogP contribution in [-0.2, 0) is 4.74 Å². The van der Waals surface area contributed by atoms with Crippen molar-refractivity contribution >= 4 is 16.8 Å². The molecule has 2 saturated heterocycles. The molecule has 1 N–H and O–H groups in total. The Balaban J connectivity index is 1.48. The number of likely N-dealkylation sites (tertiary alicyclic amines) is 1. The number of aromatic nitrogens is 1. The number of hydrogen-bond acceptors (Lipinski definition) is 5. The summed E-state index contributed by atoms with van der Waals surface area (Å²) in [6.45, 7) is 5.84. The first-order chi connectivity index (χ1) is 13.2. The molecule has 6 heteroatoms. The Kier molecular flexibility index (Phi) is 5.66. The number of aliphatic hydroxyl groups is 1. The highest BCUT2D eigenvalue weighted by Crippen LogP contribution is 2.24. The molecule has 1 aromatic carbocycles. The molecule has 1 aromatic heterocycles. The van der Waals surface area contributed by atoms with Gasteiger partial charge >= 0.3 is 0 Å². The molecule has 144 valence electrons. The average Bonchev–Trinajstić information content (AvgIpc) is 2.73. The molecule has 0 radical (unpaired) electrons. The normalized spacial score (nSPS) is 24.3. The first kappa shape index (κ1) is 18.3. The van der Waals surface area contributed by atoms with E-state index in [9.17, 15) is 9.90 Å². The van der Waals surface area contributed by atoms with Gasteiger partial charge in [0.2, 0.25) is 0 Å². The number of carbonyl (C=O) groups excluding carboxylic acids is 1. The summed E-state index contributed by atoms with van der Waals surface area (Å²) in [6.07, 6.45) is 0.961. The minimum atomic E-state index is -0.0362. The van der Waals surface area contributed by atoms with E-state index in [2.05, 4.69) is 9.88 Å². The molecule has 4 rings (SSSR count). The second-order valence-electron chi connectivity index (χ2n) is 7.66. The van der Waals surface area contributed by atoms with Crippen LogP contribution in [-0.4, -0.2) is 78.3 Å². The largest absolute Gasteiger partial charge is 0.396 e. The predicted octanol–water partition coefficient (Wildman–Crippen LogP) is 1.64. The quantitative estimate of drug-likeness (QED) is 0.888. The number of benzene rings is 1. The maximum absolute atomic E-state index is 13.1. The molecule has 2 aliphatic rings. The van der Waals surface area contributed by atoms with Crippen molar-refractivity contribution in [1.82, 2.24) is 14.8 Å². The topological polar surface area (TPSA) is 65.9 Å². The highest BCUT2D eigenvalue weighted by atomic mass is 16.5.